The highest BCUT2D eigenvalue weighted by atomic mass is 35.5. The fourth-order valence-electron chi connectivity index (χ4n) is 10.4. The van der Waals surface area contributed by atoms with Gasteiger partial charge in [-0.25, -0.2) is 14.6 Å². The average molecular weight is 1100 g/mol. The van der Waals surface area contributed by atoms with Crippen molar-refractivity contribution in [3.63, 3.8) is 0 Å². The molecular weight excluding hydrogens is 1040 g/mol. The first kappa shape index (κ1) is 53.9. The number of likely N-dealkylation sites (tertiary alicyclic amines) is 2. The molecule has 2 saturated heterocycles. The Morgan fingerprint density at radius 1 is 0.792 bits per heavy atom. The van der Waals surface area contributed by atoms with Gasteiger partial charge in [0.1, 0.15) is 43.7 Å². The molecule has 0 radical (unpaired) electrons. The van der Waals surface area contributed by atoms with E-state index in [1.165, 1.54) is 18.2 Å². The third kappa shape index (κ3) is 12.5. The second-order valence-electron chi connectivity index (χ2n) is 19.2. The molecule has 21 nitrogen and oxygen atoms in total. The highest BCUT2D eigenvalue weighted by molar-refractivity contribution is 6.37. The molecule has 2 aliphatic heterocycles. The van der Waals surface area contributed by atoms with Gasteiger partial charge in [-0.3, -0.25) is 9.69 Å². The summed E-state index contributed by atoms with van der Waals surface area (Å²) in [6.07, 6.45) is 2.59. The minimum atomic E-state index is -0.955. The minimum absolute atomic E-state index is 0.0103. The molecule has 4 aromatic carbocycles. The average Bonchev–Trinajstić information content (AvgIpc) is 4.25. The lowest BCUT2D eigenvalue weighted by molar-refractivity contribution is -0.763. The molecule has 2 aliphatic carbocycles. The number of hydrogen-bond donors (Lipinski definition) is 0. The number of hydrogen-bond acceptors (Lipinski definition) is 17. The SMILES string of the molecule is Cc1cc(Cl)c(OCCOc2ccc(C3=C(C(=O)N(Cc4ccnc(OCCCOC(=O)Oc5cccc(CO[N+](=O)[O-])c5)c4C)C4CC4)C4N(C)C5CN(C(=O)Oc6cccc(CO[N+](=O)[O-])c6)CC54C3)cc2)c(Cl)c1. The zero-order chi connectivity index (χ0) is 54.4. The van der Waals surface area contributed by atoms with Crippen molar-refractivity contribution >= 4 is 46.9 Å². The van der Waals surface area contributed by atoms with Gasteiger partial charge in [0.25, 0.3) is 16.1 Å². The molecule has 23 heteroatoms. The van der Waals surface area contributed by atoms with Crippen molar-refractivity contribution < 1.29 is 62.7 Å². The van der Waals surface area contributed by atoms with Crippen LogP contribution < -0.4 is 23.7 Å². The number of benzene rings is 4. The van der Waals surface area contributed by atoms with Crippen LogP contribution in [-0.2, 0) is 39.0 Å². The Kier molecular flexibility index (Phi) is 16.5. The monoisotopic (exact) mass is 1100 g/mol. The Morgan fingerprint density at radius 2 is 1.44 bits per heavy atom. The predicted molar refractivity (Wildman–Crippen MR) is 277 cm³/mol. The fraction of sp³-hybridized carbons (Fsp3) is 0.370. The van der Waals surface area contributed by atoms with E-state index in [9.17, 15) is 29.8 Å². The van der Waals surface area contributed by atoms with Crippen LogP contribution in [0.1, 0.15) is 59.1 Å². The first-order chi connectivity index (χ1) is 37.1. The number of aromatic nitrogens is 1. The van der Waals surface area contributed by atoms with Crippen molar-refractivity contribution in [2.24, 2.45) is 5.41 Å². The van der Waals surface area contributed by atoms with Crippen LogP contribution in [0.2, 0.25) is 10.0 Å². The summed E-state index contributed by atoms with van der Waals surface area (Å²) in [6.45, 7) is 4.67. The number of pyridine rings is 1. The number of likely N-dealkylation sites (N-methyl/N-ethyl adjacent to an activating group) is 1. The standard InChI is InChI=1S/C54H54Cl2N6O15/c1-33-23-44(55)48(45(56)24-33)71-22-21-70-40-15-11-37(12-16-40)43-27-54-32-59(52(64)76-41-9-4-7-35(25-41)30-74-61(66)67)29-46(54)58(3)49(54)47(43)51(63)60(39-13-14-39)28-38-17-18-57-50(34(38)2)72-19-6-20-73-53(65)77-42-10-5-8-36(26-42)31-75-62(68)69/h4-5,7-12,15-18,23-26,39,46,49H,6,13-14,19-22,27-32H2,1-3H3. The smallest absolute Gasteiger partial charge is 0.490 e. The Hall–Kier alpha value is -7.88. The number of carbonyl (C=O) groups is 3. The number of allylic oxidation sites excluding steroid dienone is 1. The summed E-state index contributed by atoms with van der Waals surface area (Å²) in [4.78, 5) is 82.3. The third-order valence-electron chi connectivity index (χ3n) is 14.0. The van der Waals surface area contributed by atoms with Crippen LogP contribution in [0.15, 0.2) is 103 Å². The first-order valence-electron chi connectivity index (χ1n) is 24.8. The van der Waals surface area contributed by atoms with Crippen molar-refractivity contribution in [2.75, 3.05) is 46.6 Å². The zero-order valence-electron chi connectivity index (χ0n) is 42.2. The van der Waals surface area contributed by atoms with Crippen molar-refractivity contribution in [3.05, 3.63) is 166 Å². The van der Waals surface area contributed by atoms with Gasteiger partial charge in [-0.1, -0.05) is 59.6 Å². The second kappa shape index (κ2) is 23.6. The number of rotatable bonds is 23. The Labute approximate surface area is 452 Å². The summed E-state index contributed by atoms with van der Waals surface area (Å²) in [6, 6.07) is 25.1. The summed E-state index contributed by atoms with van der Waals surface area (Å²) < 4.78 is 34.3. The zero-order valence-corrected chi connectivity index (χ0v) is 43.7. The topological polar surface area (TPSA) is 234 Å². The van der Waals surface area contributed by atoms with E-state index >= 15 is 4.79 Å². The molecule has 0 N–H and O–H groups in total. The molecular formula is C54H54Cl2N6O15. The van der Waals surface area contributed by atoms with Gasteiger partial charge in [0.2, 0.25) is 5.88 Å². The lowest BCUT2D eigenvalue weighted by Gasteiger charge is -2.56. The predicted octanol–water partition coefficient (Wildman–Crippen LogP) is 9.40. The van der Waals surface area contributed by atoms with Crippen LogP contribution in [0, 0.1) is 39.5 Å². The lowest BCUT2D eigenvalue weighted by atomic mass is 9.66. The largest absolute Gasteiger partial charge is 0.513 e. The van der Waals surface area contributed by atoms with E-state index in [2.05, 4.69) is 19.6 Å². The van der Waals surface area contributed by atoms with Gasteiger partial charge in [-0.2, -0.15) is 0 Å². The molecule has 1 saturated carbocycles. The summed E-state index contributed by atoms with van der Waals surface area (Å²) >= 11 is 12.8. The molecule has 0 bridgehead atoms. The van der Waals surface area contributed by atoms with Gasteiger partial charge >= 0.3 is 12.2 Å². The van der Waals surface area contributed by atoms with Crippen LogP contribution in [0.5, 0.6) is 28.9 Å². The maximum atomic E-state index is 15.5. The maximum Gasteiger partial charge on any atom is 0.513 e. The lowest BCUT2D eigenvalue weighted by Crippen LogP contribution is -2.69. The minimum Gasteiger partial charge on any atom is -0.490 e. The quantitative estimate of drug-likeness (QED) is 0.0195. The van der Waals surface area contributed by atoms with E-state index in [0.717, 1.165) is 40.7 Å². The first-order valence-corrected chi connectivity index (χ1v) is 25.5. The van der Waals surface area contributed by atoms with E-state index in [1.807, 2.05) is 56.1 Å². The van der Waals surface area contributed by atoms with Crippen LogP contribution in [0.25, 0.3) is 5.57 Å². The number of halogens is 2. The highest BCUT2D eigenvalue weighted by Crippen LogP contribution is 2.62. The molecule has 77 heavy (non-hydrogen) atoms. The van der Waals surface area contributed by atoms with Gasteiger partial charge in [0, 0.05) is 66.9 Å². The summed E-state index contributed by atoms with van der Waals surface area (Å²) in [5, 5.41) is 20.4. The Bertz CT molecular complexity index is 3060. The number of carbonyl (C=O) groups excluding carboxylic acids is 3. The fourth-order valence-corrected chi connectivity index (χ4v) is 11.1. The van der Waals surface area contributed by atoms with Gasteiger partial charge < -0.3 is 47.9 Å². The summed E-state index contributed by atoms with van der Waals surface area (Å²) in [5.74, 6) is 1.60. The summed E-state index contributed by atoms with van der Waals surface area (Å²) in [5.41, 5.74) is 5.28. The molecule has 3 fully saturated rings. The number of amides is 2. The normalized spacial score (nSPS) is 18.3. The molecule has 2 amide bonds. The van der Waals surface area contributed by atoms with E-state index < -0.39 is 27.8 Å². The third-order valence-corrected chi connectivity index (χ3v) is 14.6. The van der Waals surface area contributed by atoms with Crippen molar-refractivity contribution in [3.8, 4) is 28.9 Å². The van der Waals surface area contributed by atoms with Gasteiger partial charge in [-0.15, -0.1) is 20.2 Å². The Morgan fingerprint density at radius 3 is 2.09 bits per heavy atom. The molecule has 3 unspecified atom stereocenters. The van der Waals surface area contributed by atoms with E-state index in [-0.39, 0.29) is 81.7 Å². The molecule has 404 valence electrons. The number of ether oxygens (including phenoxy) is 6. The molecule has 9 rings (SSSR count). The van der Waals surface area contributed by atoms with Crippen LogP contribution in [0.4, 0.5) is 9.59 Å². The van der Waals surface area contributed by atoms with Crippen molar-refractivity contribution in [2.45, 2.75) is 77.4 Å². The van der Waals surface area contributed by atoms with Crippen LogP contribution in [0.3, 0.4) is 0 Å². The van der Waals surface area contributed by atoms with Gasteiger partial charge in [0.05, 0.1) is 23.3 Å². The summed E-state index contributed by atoms with van der Waals surface area (Å²) in [7, 11) is 1.98. The number of nitrogens with zero attached hydrogens (tertiary/aromatic N) is 6. The second-order valence-corrected chi connectivity index (χ2v) is 20.0. The molecule has 3 atom stereocenters. The molecule has 3 heterocycles. The molecule has 5 aromatic rings. The molecule has 1 aromatic heterocycles. The van der Waals surface area contributed by atoms with E-state index in [0.29, 0.717) is 70.1 Å². The molecule has 4 aliphatic rings. The van der Waals surface area contributed by atoms with Crippen LogP contribution >= 0.6 is 23.2 Å². The Balaban J connectivity index is 0.889. The van der Waals surface area contributed by atoms with E-state index in [1.54, 1.807) is 53.6 Å². The maximum absolute atomic E-state index is 15.5. The van der Waals surface area contributed by atoms with Crippen LogP contribution in [-0.4, -0.2) is 113 Å². The van der Waals surface area contributed by atoms with Crippen molar-refractivity contribution in [1.82, 2.24) is 19.7 Å². The molecule has 1 spiro atoms. The van der Waals surface area contributed by atoms with Gasteiger partial charge in [0.15, 0.2) is 5.75 Å². The van der Waals surface area contributed by atoms with Gasteiger partial charge in [-0.05, 0) is 128 Å². The van der Waals surface area contributed by atoms with Crippen molar-refractivity contribution in [1.29, 1.82) is 0 Å². The highest BCUT2D eigenvalue weighted by Gasteiger charge is 2.69. The number of aryl methyl sites for hydroxylation is 1. The van der Waals surface area contributed by atoms with E-state index in [4.69, 9.17) is 51.6 Å².